The maximum atomic E-state index is 11.0. The van der Waals surface area contributed by atoms with Gasteiger partial charge in [-0.3, -0.25) is 0 Å². The fraction of sp³-hybridized carbons (Fsp3) is 0.267. The van der Waals surface area contributed by atoms with Crippen molar-refractivity contribution < 1.29 is 14.6 Å². The molecule has 0 fully saturated rings. The van der Waals surface area contributed by atoms with Gasteiger partial charge in [-0.25, -0.2) is 4.79 Å². The summed E-state index contributed by atoms with van der Waals surface area (Å²) in [5.41, 5.74) is 1.03. The highest BCUT2D eigenvalue weighted by molar-refractivity contribution is 5.81. The number of esters is 1. The van der Waals surface area contributed by atoms with Gasteiger partial charge in [-0.1, -0.05) is 48.6 Å². The van der Waals surface area contributed by atoms with Crippen molar-refractivity contribution in [3.05, 3.63) is 54.1 Å². The molecule has 0 aromatic heterocycles. The van der Waals surface area contributed by atoms with Crippen molar-refractivity contribution in [2.45, 2.75) is 19.4 Å². The topological polar surface area (TPSA) is 46.5 Å². The molecule has 0 aliphatic carbocycles. The number of carbonyl (C=O) groups excluding carboxylic acids is 1. The Morgan fingerprint density at radius 3 is 2.78 bits per heavy atom. The smallest absolute Gasteiger partial charge is 0.330 e. The summed E-state index contributed by atoms with van der Waals surface area (Å²) in [7, 11) is 0. The summed E-state index contributed by atoms with van der Waals surface area (Å²) < 4.78 is 4.73. The number of hydrogen-bond donors (Lipinski definition) is 1. The lowest BCUT2D eigenvalue weighted by Gasteiger charge is -2.00. The molecule has 1 aromatic carbocycles. The first kappa shape index (κ1) is 14.2. The fourth-order valence-corrected chi connectivity index (χ4v) is 1.36. The Labute approximate surface area is 107 Å². The van der Waals surface area contributed by atoms with E-state index in [1.165, 1.54) is 6.08 Å². The molecule has 0 bridgehead atoms. The van der Waals surface area contributed by atoms with Crippen molar-refractivity contribution >= 4 is 12.0 Å². The molecule has 96 valence electrons. The number of aliphatic hydroxyl groups excluding tert-OH is 1. The Hall–Kier alpha value is -1.87. The lowest BCUT2D eigenvalue weighted by molar-refractivity contribution is -0.137. The van der Waals surface area contributed by atoms with Crippen LogP contribution in [0.3, 0.4) is 0 Å². The maximum absolute atomic E-state index is 11.0. The van der Waals surface area contributed by atoms with Crippen LogP contribution in [0.5, 0.6) is 0 Å². The average Bonchev–Trinajstić information content (AvgIpc) is 2.38. The van der Waals surface area contributed by atoms with Crippen molar-refractivity contribution in [2.75, 3.05) is 6.61 Å². The molecule has 0 heterocycles. The molecular weight excluding hydrogens is 228 g/mol. The zero-order chi connectivity index (χ0) is 13.2. The van der Waals surface area contributed by atoms with Gasteiger partial charge in [0, 0.05) is 6.08 Å². The molecule has 3 heteroatoms. The molecule has 0 amide bonds. The van der Waals surface area contributed by atoms with Gasteiger partial charge in [-0.2, -0.15) is 0 Å². The summed E-state index contributed by atoms with van der Waals surface area (Å²) in [4.78, 5) is 11.0. The van der Waals surface area contributed by atoms with Gasteiger partial charge in [0.05, 0.1) is 12.7 Å². The Balaban J connectivity index is 2.36. The molecule has 1 atom stereocenters. The first-order chi connectivity index (χ1) is 8.72. The predicted molar refractivity (Wildman–Crippen MR) is 71.9 cm³/mol. The Kier molecular flexibility index (Phi) is 6.51. The van der Waals surface area contributed by atoms with Gasteiger partial charge in [-0.15, -0.1) is 0 Å². The monoisotopic (exact) mass is 246 g/mol. The summed E-state index contributed by atoms with van der Waals surface area (Å²) >= 11 is 0. The number of carbonyl (C=O) groups is 1. The van der Waals surface area contributed by atoms with Gasteiger partial charge in [0.15, 0.2) is 0 Å². The highest BCUT2D eigenvalue weighted by Crippen LogP contribution is 2.04. The van der Waals surface area contributed by atoms with Crippen LogP contribution in [-0.2, 0) is 9.53 Å². The summed E-state index contributed by atoms with van der Waals surface area (Å²) in [6, 6.07) is 9.73. The third-order valence-electron chi connectivity index (χ3n) is 2.23. The van der Waals surface area contributed by atoms with Gasteiger partial charge in [0.25, 0.3) is 0 Å². The molecule has 1 N–H and O–H groups in total. The molecule has 0 saturated carbocycles. The molecule has 0 saturated heterocycles. The van der Waals surface area contributed by atoms with E-state index in [2.05, 4.69) is 0 Å². The van der Waals surface area contributed by atoms with Crippen LogP contribution in [0.25, 0.3) is 6.08 Å². The standard InChI is InChI=1S/C15H18O3/c1-2-18-15(17)10-6-9-14(16)12-11-13-7-4-3-5-8-13/h3-8,10-12,14,16H,2,9H2,1H3. The van der Waals surface area contributed by atoms with E-state index in [1.54, 1.807) is 19.1 Å². The van der Waals surface area contributed by atoms with Crippen molar-refractivity contribution in [3.8, 4) is 0 Å². The van der Waals surface area contributed by atoms with Crippen LogP contribution in [0, 0.1) is 0 Å². The van der Waals surface area contributed by atoms with Crippen LogP contribution in [0.2, 0.25) is 0 Å². The number of aliphatic hydroxyl groups is 1. The van der Waals surface area contributed by atoms with Crippen LogP contribution in [0.15, 0.2) is 48.6 Å². The highest BCUT2D eigenvalue weighted by atomic mass is 16.5. The number of benzene rings is 1. The quantitative estimate of drug-likeness (QED) is 0.620. The van der Waals surface area contributed by atoms with Gasteiger partial charge in [0.1, 0.15) is 0 Å². The molecule has 1 aromatic rings. The van der Waals surface area contributed by atoms with E-state index in [0.29, 0.717) is 13.0 Å². The SMILES string of the molecule is CCOC(=O)C=CCC(O)C=Cc1ccccc1. The van der Waals surface area contributed by atoms with Crippen molar-refractivity contribution in [1.29, 1.82) is 0 Å². The molecule has 0 spiro atoms. The molecule has 0 aliphatic heterocycles. The van der Waals surface area contributed by atoms with Gasteiger partial charge < -0.3 is 9.84 Å². The van der Waals surface area contributed by atoms with Crippen LogP contribution in [-0.4, -0.2) is 23.8 Å². The minimum atomic E-state index is -0.601. The zero-order valence-electron chi connectivity index (χ0n) is 10.5. The normalized spacial score (nSPS) is 13.0. The molecule has 18 heavy (non-hydrogen) atoms. The van der Waals surface area contributed by atoms with Crippen molar-refractivity contribution in [1.82, 2.24) is 0 Å². The first-order valence-corrected chi connectivity index (χ1v) is 5.97. The molecule has 3 nitrogen and oxygen atoms in total. The van der Waals surface area contributed by atoms with E-state index in [4.69, 9.17) is 4.74 Å². The van der Waals surface area contributed by atoms with E-state index >= 15 is 0 Å². The molecular formula is C15H18O3. The average molecular weight is 246 g/mol. The Morgan fingerprint density at radius 2 is 2.11 bits per heavy atom. The van der Waals surface area contributed by atoms with Crippen LogP contribution < -0.4 is 0 Å². The number of ether oxygens (including phenoxy) is 1. The molecule has 1 unspecified atom stereocenters. The summed E-state index contributed by atoms with van der Waals surface area (Å²) in [6.07, 6.45) is 6.28. The van der Waals surface area contributed by atoms with Gasteiger partial charge in [0.2, 0.25) is 0 Å². The second kappa shape index (κ2) is 8.25. The lowest BCUT2D eigenvalue weighted by atomic mass is 10.1. The van der Waals surface area contributed by atoms with E-state index in [1.807, 2.05) is 36.4 Å². The van der Waals surface area contributed by atoms with Crippen molar-refractivity contribution in [3.63, 3.8) is 0 Å². The van der Waals surface area contributed by atoms with Crippen LogP contribution in [0.1, 0.15) is 18.9 Å². The second-order valence-electron chi connectivity index (χ2n) is 3.73. The van der Waals surface area contributed by atoms with Gasteiger partial charge in [-0.05, 0) is 18.9 Å². The van der Waals surface area contributed by atoms with Gasteiger partial charge >= 0.3 is 5.97 Å². The maximum Gasteiger partial charge on any atom is 0.330 e. The lowest BCUT2D eigenvalue weighted by Crippen LogP contribution is -2.02. The summed E-state index contributed by atoms with van der Waals surface area (Å²) in [5.74, 6) is -0.378. The molecule has 0 aliphatic rings. The molecule has 1 rings (SSSR count). The molecule has 0 radical (unpaired) electrons. The van der Waals surface area contributed by atoms with E-state index < -0.39 is 6.10 Å². The third kappa shape index (κ3) is 6.01. The number of rotatable bonds is 6. The Morgan fingerprint density at radius 1 is 1.39 bits per heavy atom. The Bertz CT molecular complexity index is 407. The second-order valence-corrected chi connectivity index (χ2v) is 3.73. The fourth-order valence-electron chi connectivity index (χ4n) is 1.36. The first-order valence-electron chi connectivity index (χ1n) is 5.97. The van der Waals surface area contributed by atoms with E-state index in [0.717, 1.165) is 5.56 Å². The summed E-state index contributed by atoms with van der Waals surface area (Å²) in [6.45, 7) is 2.11. The minimum Gasteiger partial charge on any atom is -0.463 e. The zero-order valence-corrected chi connectivity index (χ0v) is 10.5. The predicted octanol–water partition coefficient (Wildman–Crippen LogP) is 2.57. The van der Waals surface area contributed by atoms with Crippen molar-refractivity contribution in [2.24, 2.45) is 0 Å². The summed E-state index contributed by atoms with van der Waals surface area (Å²) in [5, 5.41) is 9.66. The van der Waals surface area contributed by atoms with Crippen LogP contribution >= 0.6 is 0 Å². The third-order valence-corrected chi connectivity index (χ3v) is 2.23. The largest absolute Gasteiger partial charge is 0.463 e. The minimum absolute atomic E-state index is 0.361. The highest BCUT2D eigenvalue weighted by Gasteiger charge is 1.97. The van der Waals surface area contributed by atoms with E-state index in [9.17, 15) is 9.90 Å². The van der Waals surface area contributed by atoms with Crippen LogP contribution in [0.4, 0.5) is 0 Å². The number of hydrogen-bond acceptors (Lipinski definition) is 3. The van der Waals surface area contributed by atoms with E-state index in [-0.39, 0.29) is 5.97 Å².